The lowest BCUT2D eigenvalue weighted by atomic mass is 10.1. The van der Waals surface area contributed by atoms with Gasteiger partial charge in [0.25, 0.3) is 0 Å². The van der Waals surface area contributed by atoms with E-state index in [9.17, 15) is 0 Å². The second kappa shape index (κ2) is 5.54. The average Bonchev–Trinajstić information content (AvgIpc) is 2.37. The Balaban J connectivity index is 2.15. The summed E-state index contributed by atoms with van der Waals surface area (Å²) >= 11 is 0. The van der Waals surface area contributed by atoms with Gasteiger partial charge >= 0.3 is 0 Å². The van der Waals surface area contributed by atoms with E-state index in [0.717, 1.165) is 24.3 Å². The second-order valence-electron chi connectivity index (χ2n) is 4.34. The Morgan fingerprint density at radius 3 is 2.50 bits per heavy atom. The van der Waals surface area contributed by atoms with Gasteiger partial charge in [-0.3, -0.25) is 0 Å². The Morgan fingerprint density at radius 2 is 1.83 bits per heavy atom. The molecule has 0 atom stereocenters. The summed E-state index contributed by atoms with van der Waals surface area (Å²) in [5, 5.41) is 0. The number of anilines is 1. The molecule has 18 heavy (non-hydrogen) atoms. The first kappa shape index (κ1) is 12.4. The molecule has 1 aromatic heterocycles. The molecule has 3 nitrogen and oxygen atoms in total. The number of hydrogen-bond acceptors (Lipinski definition) is 3. The number of nitrogens with zero attached hydrogens (tertiary/aromatic N) is 1. The summed E-state index contributed by atoms with van der Waals surface area (Å²) in [6.45, 7) is 4.08. The van der Waals surface area contributed by atoms with Crippen molar-refractivity contribution in [3.05, 3.63) is 47.7 Å². The van der Waals surface area contributed by atoms with Crippen LogP contribution in [0.5, 0.6) is 11.6 Å². The van der Waals surface area contributed by atoms with Crippen LogP contribution in [-0.4, -0.2) is 4.98 Å². The van der Waals surface area contributed by atoms with Gasteiger partial charge in [0.1, 0.15) is 5.75 Å². The molecule has 0 unspecified atom stereocenters. The number of hydrogen-bond donors (Lipinski definition) is 1. The van der Waals surface area contributed by atoms with Crippen molar-refractivity contribution in [2.45, 2.75) is 26.7 Å². The van der Waals surface area contributed by atoms with E-state index in [2.05, 4.69) is 24.0 Å². The van der Waals surface area contributed by atoms with E-state index in [1.807, 2.05) is 31.2 Å². The molecule has 2 N–H and O–H groups in total. The zero-order valence-corrected chi connectivity index (χ0v) is 10.8. The highest BCUT2D eigenvalue weighted by molar-refractivity contribution is 5.50. The number of aryl methyl sites for hydroxylation is 2. The van der Waals surface area contributed by atoms with Crippen molar-refractivity contribution in [3.8, 4) is 11.6 Å². The predicted octanol–water partition coefficient (Wildman–Crippen LogP) is 3.72. The summed E-state index contributed by atoms with van der Waals surface area (Å²) < 4.78 is 5.69. The Hall–Kier alpha value is -2.03. The minimum Gasteiger partial charge on any atom is -0.437 e. The molecule has 0 amide bonds. The molecule has 0 aliphatic carbocycles. The van der Waals surface area contributed by atoms with Crippen molar-refractivity contribution in [1.82, 2.24) is 4.98 Å². The van der Waals surface area contributed by atoms with E-state index >= 15 is 0 Å². The molecule has 2 rings (SSSR count). The normalized spacial score (nSPS) is 10.3. The van der Waals surface area contributed by atoms with Crippen molar-refractivity contribution < 1.29 is 4.74 Å². The lowest BCUT2D eigenvalue weighted by Gasteiger charge is -2.08. The molecule has 0 bridgehead atoms. The van der Waals surface area contributed by atoms with Gasteiger partial charge in [-0.25, -0.2) is 4.98 Å². The zero-order valence-electron chi connectivity index (χ0n) is 10.8. The van der Waals surface area contributed by atoms with Gasteiger partial charge in [-0.15, -0.1) is 0 Å². The third kappa shape index (κ3) is 3.00. The van der Waals surface area contributed by atoms with Crippen molar-refractivity contribution >= 4 is 5.69 Å². The Bertz CT molecular complexity index is 521. The van der Waals surface area contributed by atoms with Crippen LogP contribution in [0.15, 0.2) is 36.4 Å². The van der Waals surface area contributed by atoms with Gasteiger partial charge in [-0.05, 0) is 43.2 Å². The summed E-state index contributed by atoms with van der Waals surface area (Å²) in [5.41, 5.74) is 8.59. The quantitative estimate of drug-likeness (QED) is 0.889. The standard InChI is InChI=1S/C15H18N2O/c1-3-4-12-6-8-13(9-7-12)18-15-14(16)10-5-11(2)17-15/h5-10H,3-4,16H2,1-2H3. The topological polar surface area (TPSA) is 48.1 Å². The Kier molecular flexibility index (Phi) is 3.82. The molecule has 0 saturated carbocycles. The molecular formula is C15H18N2O. The number of ether oxygens (including phenoxy) is 1. The van der Waals surface area contributed by atoms with Gasteiger partial charge in [0.05, 0.1) is 5.69 Å². The zero-order chi connectivity index (χ0) is 13.0. The molecule has 0 radical (unpaired) electrons. The summed E-state index contributed by atoms with van der Waals surface area (Å²) in [6, 6.07) is 11.7. The van der Waals surface area contributed by atoms with Gasteiger partial charge in [0.2, 0.25) is 5.88 Å². The van der Waals surface area contributed by atoms with Crippen molar-refractivity contribution in [1.29, 1.82) is 0 Å². The minimum absolute atomic E-state index is 0.471. The molecule has 0 aliphatic rings. The second-order valence-corrected chi connectivity index (χ2v) is 4.34. The Labute approximate surface area is 108 Å². The van der Waals surface area contributed by atoms with E-state index in [1.54, 1.807) is 0 Å². The van der Waals surface area contributed by atoms with E-state index in [4.69, 9.17) is 10.5 Å². The highest BCUT2D eigenvalue weighted by atomic mass is 16.5. The highest BCUT2D eigenvalue weighted by Crippen LogP contribution is 2.25. The monoisotopic (exact) mass is 242 g/mol. The maximum absolute atomic E-state index is 5.83. The van der Waals surface area contributed by atoms with Crippen molar-refractivity contribution in [3.63, 3.8) is 0 Å². The van der Waals surface area contributed by atoms with Crippen LogP contribution in [0.1, 0.15) is 24.6 Å². The SMILES string of the molecule is CCCc1ccc(Oc2nc(C)ccc2N)cc1. The number of nitrogen functional groups attached to an aromatic ring is 1. The van der Waals surface area contributed by atoms with Gasteiger partial charge in [0, 0.05) is 5.69 Å². The van der Waals surface area contributed by atoms with Crippen molar-refractivity contribution in [2.75, 3.05) is 5.73 Å². The van der Waals surface area contributed by atoms with Gasteiger partial charge in [-0.2, -0.15) is 0 Å². The van der Waals surface area contributed by atoms with Crippen LogP contribution in [0.25, 0.3) is 0 Å². The van der Waals surface area contributed by atoms with E-state index in [0.29, 0.717) is 11.6 Å². The van der Waals surface area contributed by atoms with Gasteiger partial charge in [0.15, 0.2) is 0 Å². The summed E-state index contributed by atoms with van der Waals surface area (Å²) in [4.78, 5) is 4.28. The fourth-order valence-corrected chi connectivity index (χ4v) is 1.75. The fourth-order valence-electron chi connectivity index (χ4n) is 1.75. The third-order valence-corrected chi connectivity index (χ3v) is 2.71. The summed E-state index contributed by atoms with van der Waals surface area (Å²) in [5.74, 6) is 1.23. The molecule has 0 spiro atoms. The first-order valence-corrected chi connectivity index (χ1v) is 6.19. The van der Waals surface area contributed by atoms with Crippen LogP contribution in [0.2, 0.25) is 0 Å². The van der Waals surface area contributed by atoms with E-state index in [-0.39, 0.29) is 0 Å². The van der Waals surface area contributed by atoms with E-state index < -0.39 is 0 Å². The number of pyridine rings is 1. The lowest BCUT2D eigenvalue weighted by Crippen LogP contribution is -1.96. The molecule has 1 heterocycles. The van der Waals surface area contributed by atoms with Crippen LogP contribution < -0.4 is 10.5 Å². The van der Waals surface area contributed by atoms with Crippen LogP contribution >= 0.6 is 0 Å². The molecule has 2 aromatic rings. The summed E-state index contributed by atoms with van der Waals surface area (Å²) in [6.07, 6.45) is 2.23. The predicted molar refractivity (Wildman–Crippen MR) is 73.9 cm³/mol. The number of benzene rings is 1. The molecule has 0 saturated heterocycles. The number of rotatable bonds is 4. The lowest BCUT2D eigenvalue weighted by molar-refractivity contribution is 0.464. The van der Waals surface area contributed by atoms with Crippen LogP contribution in [0.4, 0.5) is 5.69 Å². The number of nitrogens with two attached hydrogens (primary N) is 1. The maximum atomic E-state index is 5.83. The molecular weight excluding hydrogens is 224 g/mol. The highest BCUT2D eigenvalue weighted by Gasteiger charge is 2.04. The van der Waals surface area contributed by atoms with Gasteiger partial charge < -0.3 is 10.5 Å². The van der Waals surface area contributed by atoms with Gasteiger partial charge in [-0.1, -0.05) is 25.5 Å². The average molecular weight is 242 g/mol. The Morgan fingerprint density at radius 1 is 1.11 bits per heavy atom. The molecule has 0 aliphatic heterocycles. The molecule has 0 fully saturated rings. The molecule has 3 heteroatoms. The van der Waals surface area contributed by atoms with Crippen LogP contribution in [0, 0.1) is 6.92 Å². The van der Waals surface area contributed by atoms with Crippen molar-refractivity contribution in [2.24, 2.45) is 0 Å². The number of aromatic nitrogens is 1. The van der Waals surface area contributed by atoms with Crippen LogP contribution in [-0.2, 0) is 6.42 Å². The minimum atomic E-state index is 0.471. The largest absolute Gasteiger partial charge is 0.437 e. The van der Waals surface area contributed by atoms with E-state index in [1.165, 1.54) is 5.56 Å². The first-order chi connectivity index (χ1) is 8.69. The third-order valence-electron chi connectivity index (χ3n) is 2.71. The fraction of sp³-hybridized carbons (Fsp3) is 0.267. The maximum Gasteiger partial charge on any atom is 0.242 e. The first-order valence-electron chi connectivity index (χ1n) is 6.19. The molecule has 1 aromatic carbocycles. The smallest absolute Gasteiger partial charge is 0.242 e. The van der Waals surface area contributed by atoms with Crippen LogP contribution in [0.3, 0.4) is 0 Å². The molecule has 94 valence electrons. The summed E-state index contributed by atoms with van der Waals surface area (Å²) in [7, 11) is 0.